The van der Waals surface area contributed by atoms with Crippen molar-refractivity contribution in [1.29, 1.82) is 0 Å². The maximum absolute atomic E-state index is 4.51. The van der Waals surface area contributed by atoms with Crippen molar-refractivity contribution in [3.8, 4) is 5.69 Å². The molecule has 0 radical (unpaired) electrons. The summed E-state index contributed by atoms with van der Waals surface area (Å²) in [5.41, 5.74) is 3.45. The molecule has 0 saturated carbocycles. The number of hydrogen-bond donors (Lipinski definition) is 1. The third-order valence-corrected chi connectivity index (χ3v) is 3.41. The zero-order chi connectivity index (χ0) is 13.8. The highest BCUT2D eigenvalue weighted by atomic mass is 79.9. The van der Waals surface area contributed by atoms with Crippen LogP contribution in [0.3, 0.4) is 0 Å². The SMILES string of the molecule is C=CCNc1nc(C)cn1-c1ccc(Br)cc1CC. The van der Waals surface area contributed by atoms with E-state index in [2.05, 4.69) is 62.5 Å². The molecule has 0 amide bonds. The first-order valence-corrected chi connectivity index (χ1v) is 7.14. The Hall–Kier alpha value is -1.55. The summed E-state index contributed by atoms with van der Waals surface area (Å²) >= 11 is 3.52. The van der Waals surface area contributed by atoms with Gasteiger partial charge in [0.1, 0.15) is 0 Å². The lowest BCUT2D eigenvalue weighted by atomic mass is 10.1. The Bertz CT molecular complexity index is 587. The molecule has 1 heterocycles. The zero-order valence-electron chi connectivity index (χ0n) is 11.3. The Morgan fingerprint density at radius 2 is 2.26 bits per heavy atom. The Labute approximate surface area is 122 Å². The van der Waals surface area contributed by atoms with Gasteiger partial charge >= 0.3 is 0 Å². The van der Waals surface area contributed by atoms with Gasteiger partial charge in [0.05, 0.1) is 11.4 Å². The molecule has 19 heavy (non-hydrogen) atoms. The van der Waals surface area contributed by atoms with E-state index in [0.29, 0.717) is 6.54 Å². The standard InChI is InChI=1S/C15H18BrN3/c1-4-8-17-15-18-11(3)10-19(15)14-7-6-13(16)9-12(14)5-2/h4,6-7,9-10H,1,5,8H2,2-3H3,(H,17,18). The number of nitrogens with zero attached hydrogens (tertiary/aromatic N) is 2. The number of rotatable bonds is 5. The minimum absolute atomic E-state index is 0.703. The van der Waals surface area contributed by atoms with Crippen LogP contribution in [0, 0.1) is 6.92 Å². The molecule has 0 bridgehead atoms. The molecule has 0 spiro atoms. The molecular weight excluding hydrogens is 302 g/mol. The van der Waals surface area contributed by atoms with Gasteiger partial charge in [-0.1, -0.05) is 28.9 Å². The van der Waals surface area contributed by atoms with Crippen LogP contribution in [0.5, 0.6) is 0 Å². The summed E-state index contributed by atoms with van der Waals surface area (Å²) in [7, 11) is 0. The fourth-order valence-electron chi connectivity index (χ4n) is 2.04. The number of halogens is 1. The Kier molecular flexibility index (Phi) is 4.43. The summed E-state index contributed by atoms with van der Waals surface area (Å²) in [5, 5.41) is 3.27. The summed E-state index contributed by atoms with van der Waals surface area (Å²) in [6.07, 6.45) is 4.86. The first-order valence-electron chi connectivity index (χ1n) is 6.35. The van der Waals surface area contributed by atoms with Crippen LogP contribution in [0.1, 0.15) is 18.2 Å². The number of imidazole rings is 1. The van der Waals surface area contributed by atoms with E-state index in [1.54, 1.807) is 0 Å². The average Bonchev–Trinajstić information content (AvgIpc) is 2.77. The van der Waals surface area contributed by atoms with Gasteiger partial charge < -0.3 is 5.32 Å². The van der Waals surface area contributed by atoms with Crippen LogP contribution in [0.2, 0.25) is 0 Å². The number of hydrogen-bond acceptors (Lipinski definition) is 2. The van der Waals surface area contributed by atoms with Gasteiger partial charge in [-0.2, -0.15) is 0 Å². The predicted octanol–water partition coefficient (Wildman–Crippen LogP) is 4.10. The summed E-state index contributed by atoms with van der Waals surface area (Å²) < 4.78 is 3.20. The summed E-state index contributed by atoms with van der Waals surface area (Å²) in [6, 6.07) is 6.33. The van der Waals surface area contributed by atoms with Crippen molar-refractivity contribution in [2.45, 2.75) is 20.3 Å². The van der Waals surface area contributed by atoms with Crippen LogP contribution >= 0.6 is 15.9 Å². The molecule has 0 fully saturated rings. The lowest BCUT2D eigenvalue weighted by Gasteiger charge is -2.13. The van der Waals surface area contributed by atoms with Crippen molar-refractivity contribution in [1.82, 2.24) is 9.55 Å². The predicted molar refractivity (Wildman–Crippen MR) is 84.1 cm³/mol. The minimum Gasteiger partial charge on any atom is -0.352 e. The molecule has 1 aromatic heterocycles. The third kappa shape index (κ3) is 3.07. The van der Waals surface area contributed by atoms with E-state index >= 15 is 0 Å². The lowest BCUT2D eigenvalue weighted by Crippen LogP contribution is -2.07. The average molecular weight is 320 g/mol. The highest BCUT2D eigenvalue weighted by Crippen LogP contribution is 2.24. The number of benzene rings is 1. The van der Waals surface area contributed by atoms with E-state index in [9.17, 15) is 0 Å². The van der Waals surface area contributed by atoms with E-state index in [1.165, 1.54) is 5.56 Å². The molecule has 1 aromatic carbocycles. The molecule has 0 atom stereocenters. The van der Waals surface area contributed by atoms with Crippen LogP contribution in [-0.2, 0) is 6.42 Å². The molecule has 3 nitrogen and oxygen atoms in total. The van der Waals surface area contributed by atoms with Crippen molar-refractivity contribution in [2.24, 2.45) is 0 Å². The van der Waals surface area contributed by atoms with Gasteiger partial charge in [-0.3, -0.25) is 4.57 Å². The second kappa shape index (κ2) is 6.06. The zero-order valence-corrected chi connectivity index (χ0v) is 12.9. The van der Waals surface area contributed by atoms with Gasteiger partial charge in [-0.25, -0.2) is 4.98 Å². The van der Waals surface area contributed by atoms with Crippen LogP contribution in [0.4, 0.5) is 5.95 Å². The molecule has 1 N–H and O–H groups in total. The second-order valence-electron chi connectivity index (χ2n) is 4.37. The fraction of sp³-hybridized carbons (Fsp3) is 0.267. The smallest absolute Gasteiger partial charge is 0.207 e. The van der Waals surface area contributed by atoms with Gasteiger partial charge in [0.15, 0.2) is 0 Å². The number of aryl methyl sites for hydroxylation is 2. The maximum atomic E-state index is 4.51. The molecule has 100 valence electrons. The Morgan fingerprint density at radius 3 is 2.95 bits per heavy atom. The molecular formula is C15H18BrN3. The van der Waals surface area contributed by atoms with Crippen molar-refractivity contribution in [3.63, 3.8) is 0 Å². The largest absolute Gasteiger partial charge is 0.352 e. The first-order chi connectivity index (χ1) is 9.15. The van der Waals surface area contributed by atoms with E-state index in [4.69, 9.17) is 0 Å². The molecule has 0 unspecified atom stereocenters. The van der Waals surface area contributed by atoms with Gasteiger partial charge in [0, 0.05) is 17.2 Å². The molecule has 4 heteroatoms. The Balaban J connectivity index is 2.48. The number of aromatic nitrogens is 2. The molecule has 0 aliphatic rings. The van der Waals surface area contributed by atoms with E-state index < -0.39 is 0 Å². The molecule has 2 aromatic rings. The highest BCUT2D eigenvalue weighted by Gasteiger charge is 2.10. The van der Waals surface area contributed by atoms with Crippen molar-refractivity contribution in [3.05, 3.63) is 52.8 Å². The normalized spacial score (nSPS) is 10.5. The molecule has 0 aliphatic carbocycles. The van der Waals surface area contributed by atoms with Crippen molar-refractivity contribution >= 4 is 21.9 Å². The first kappa shape index (κ1) is 13.9. The quantitative estimate of drug-likeness (QED) is 0.841. The summed E-state index contributed by atoms with van der Waals surface area (Å²) in [6.45, 7) is 8.59. The van der Waals surface area contributed by atoms with Gasteiger partial charge in [0.2, 0.25) is 5.95 Å². The number of anilines is 1. The monoisotopic (exact) mass is 319 g/mol. The third-order valence-electron chi connectivity index (χ3n) is 2.91. The van der Waals surface area contributed by atoms with Crippen LogP contribution in [-0.4, -0.2) is 16.1 Å². The van der Waals surface area contributed by atoms with Gasteiger partial charge in [-0.05, 0) is 37.1 Å². The van der Waals surface area contributed by atoms with Crippen LogP contribution < -0.4 is 5.32 Å². The van der Waals surface area contributed by atoms with Gasteiger partial charge in [-0.15, -0.1) is 6.58 Å². The van der Waals surface area contributed by atoms with E-state index in [1.807, 2.05) is 19.2 Å². The van der Waals surface area contributed by atoms with Crippen LogP contribution in [0.15, 0.2) is 41.5 Å². The highest BCUT2D eigenvalue weighted by molar-refractivity contribution is 9.10. The van der Waals surface area contributed by atoms with Crippen molar-refractivity contribution in [2.75, 3.05) is 11.9 Å². The van der Waals surface area contributed by atoms with Gasteiger partial charge in [0.25, 0.3) is 0 Å². The Morgan fingerprint density at radius 1 is 1.47 bits per heavy atom. The molecule has 2 rings (SSSR count). The van der Waals surface area contributed by atoms with E-state index in [-0.39, 0.29) is 0 Å². The topological polar surface area (TPSA) is 29.9 Å². The summed E-state index contributed by atoms with van der Waals surface area (Å²) in [4.78, 5) is 4.51. The minimum atomic E-state index is 0.703. The van der Waals surface area contributed by atoms with Crippen LogP contribution in [0.25, 0.3) is 5.69 Å². The maximum Gasteiger partial charge on any atom is 0.207 e. The van der Waals surface area contributed by atoms with E-state index in [0.717, 1.165) is 28.2 Å². The fourth-order valence-corrected chi connectivity index (χ4v) is 2.45. The molecule has 0 saturated heterocycles. The van der Waals surface area contributed by atoms with Crippen molar-refractivity contribution < 1.29 is 0 Å². The molecule has 0 aliphatic heterocycles. The second-order valence-corrected chi connectivity index (χ2v) is 5.29. The number of nitrogens with one attached hydrogen (secondary N) is 1. The lowest BCUT2D eigenvalue weighted by molar-refractivity contribution is 0.995. The summed E-state index contributed by atoms with van der Waals surface area (Å²) in [5.74, 6) is 0.856.